The average Bonchev–Trinajstić information content (AvgIpc) is 2.22. The molecule has 82 valence electrons. The Kier molecular flexibility index (Phi) is 3.89. The summed E-state index contributed by atoms with van der Waals surface area (Å²) >= 11 is 2.40. The monoisotopic (exact) mass is 315 g/mol. The number of hydrogen-bond donors (Lipinski definition) is 1. The lowest BCUT2D eigenvalue weighted by molar-refractivity contribution is 0.358. The van der Waals surface area contributed by atoms with Crippen LogP contribution in [0.25, 0.3) is 0 Å². The Hall–Kier alpha value is -0.250. The molecule has 1 fully saturated rings. The largest absolute Gasteiger partial charge is 0.381 e. The van der Waals surface area contributed by atoms with Crippen LogP contribution in [0.15, 0.2) is 24.3 Å². The van der Waals surface area contributed by atoms with Gasteiger partial charge in [0.15, 0.2) is 0 Å². The highest BCUT2D eigenvalue weighted by atomic mass is 127. The minimum Gasteiger partial charge on any atom is -0.381 e. The second-order valence-electron chi connectivity index (χ2n) is 4.59. The van der Waals surface area contributed by atoms with Gasteiger partial charge in [-0.1, -0.05) is 31.9 Å². The van der Waals surface area contributed by atoms with Crippen molar-refractivity contribution in [2.75, 3.05) is 5.32 Å². The second kappa shape index (κ2) is 5.19. The van der Waals surface area contributed by atoms with E-state index in [-0.39, 0.29) is 0 Å². The molecule has 2 unspecified atom stereocenters. The number of rotatable bonds is 2. The summed E-state index contributed by atoms with van der Waals surface area (Å²) in [6.45, 7) is 2.36. The first-order valence-corrected chi connectivity index (χ1v) is 6.84. The topological polar surface area (TPSA) is 12.0 Å². The maximum Gasteiger partial charge on any atom is 0.0478 e. The predicted molar refractivity (Wildman–Crippen MR) is 74.2 cm³/mol. The van der Waals surface area contributed by atoms with Crippen LogP contribution in [0.2, 0.25) is 0 Å². The van der Waals surface area contributed by atoms with Gasteiger partial charge >= 0.3 is 0 Å². The third kappa shape index (κ3) is 3.10. The molecule has 1 aromatic carbocycles. The SMILES string of the molecule is CC1CCCC(Nc2ccccc2I)C1. The highest BCUT2D eigenvalue weighted by Gasteiger charge is 2.18. The van der Waals surface area contributed by atoms with Gasteiger partial charge in [0.25, 0.3) is 0 Å². The van der Waals surface area contributed by atoms with Crippen LogP contribution in [0, 0.1) is 9.49 Å². The predicted octanol–water partition coefficient (Wildman–Crippen LogP) is 4.28. The molecule has 2 heteroatoms. The maximum absolute atomic E-state index is 3.67. The summed E-state index contributed by atoms with van der Waals surface area (Å²) in [5.41, 5.74) is 1.30. The molecule has 0 amide bonds. The standard InChI is InChI=1S/C13H18IN/c1-10-5-4-6-11(9-10)15-13-8-3-2-7-12(13)14/h2-3,7-8,10-11,15H,4-6,9H2,1H3. The third-order valence-electron chi connectivity index (χ3n) is 3.17. The summed E-state index contributed by atoms with van der Waals surface area (Å²) in [4.78, 5) is 0. The molecule has 0 heterocycles. The number of halogens is 1. The number of anilines is 1. The molecule has 0 aromatic heterocycles. The fourth-order valence-electron chi connectivity index (χ4n) is 2.36. The maximum atomic E-state index is 3.67. The summed E-state index contributed by atoms with van der Waals surface area (Å²) in [5, 5.41) is 3.67. The first-order chi connectivity index (χ1) is 7.25. The smallest absolute Gasteiger partial charge is 0.0478 e. The molecule has 15 heavy (non-hydrogen) atoms. The van der Waals surface area contributed by atoms with Gasteiger partial charge in [-0.3, -0.25) is 0 Å². The van der Waals surface area contributed by atoms with Gasteiger partial charge in [-0.25, -0.2) is 0 Å². The fraction of sp³-hybridized carbons (Fsp3) is 0.538. The molecule has 1 aliphatic carbocycles. The number of hydrogen-bond acceptors (Lipinski definition) is 1. The van der Waals surface area contributed by atoms with Crippen molar-refractivity contribution in [3.05, 3.63) is 27.8 Å². The highest BCUT2D eigenvalue weighted by Crippen LogP contribution is 2.27. The van der Waals surface area contributed by atoms with Gasteiger partial charge in [-0.2, -0.15) is 0 Å². The molecule has 0 aliphatic heterocycles. The van der Waals surface area contributed by atoms with Gasteiger partial charge in [0.2, 0.25) is 0 Å². The van der Waals surface area contributed by atoms with Gasteiger partial charge in [-0.15, -0.1) is 0 Å². The highest BCUT2D eigenvalue weighted by molar-refractivity contribution is 14.1. The molecule has 1 aromatic rings. The fourth-order valence-corrected chi connectivity index (χ4v) is 2.91. The van der Waals surface area contributed by atoms with E-state index in [2.05, 4.69) is 59.1 Å². The Morgan fingerprint density at radius 3 is 2.80 bits per heavy atom. The van der Waals surface area contributed by atoms with Crippen LogP contribution in [-0.4, -0.2) is 6.04 Å². The Bertz CT molecular complexity index is 324. The molecule has 0 bridgehead atoms. The van der Waals surface area contributed by atoms with Crippen molar-refractivity contribution in [3.63, 3.8) is 0 Å². The lowest BCUT2D eigenvalue weighted by Gasteiger charge is -2.28. The first kappa shape index (κ1) is 11.2. The van der Waals surface area contributed by atoms with Crippen LogP contribution in [0.1, 0.15) is 32.6 Å². The molecule has 0 radical (unpaired) electrons. The molecular weight excluding hydrogens is 297 g/mol. The number of nitrogens with one attached hydrogen (secondary N) is 1. The minimum atomic E-state index is 0.685. The van der Waals surface area contributed by atoms with Crippen LogP contribution in [0.5, 0.6) is 0 Å². The minimum absolute atomic E-state index is 0.685. The zero-order valence-electron chi connectivity index (χ0n) is 9.17. The molecule has 1 N–H and O–H groups in total. The Balaban J connectivity index is 1.99. The van der Waals surface area contributed by atoms with Crippen molar-refractivity contribution in [1.29, 1.82) is 0 Å². The van der Waals surface area contributed by atoms with Crippen LogP contribution >= 0.6 is 22.6 Å². The third-order valence-corrected chi connectivity index (χ3v) is 4.11. The van der Waals surface area contributed by atoms with E-state index < -0.39 is 0 Å². The molecule has 1 aliphatic rings. The van der Waals surface area contributed by atoms with E-state index >= 15 is 0 Å². The van der Waals surface area contributed by atoms with E-state index in [9.17, 15) is 0 Å². The van der Waals surface area contributed by atoms with Crippen LogP contribution in [0.3, 0.4) is 0 Å². The first-order valence-electron chi connectivity index (χ1n) is 5.77. The van der Waals surface area contributed by atoms with Crippen molar-refractivity contribution in [1.82, 2.24) is 0 Å². The van der Waals surface area contributed by atoms with Crippen molar-refractivity contribution >= 4 is 28.3 Å². The van der Waals surface area contributed by atoms with Crippen molar-refractivity contribution in [2.24, 2.45) is 5.92 Å². The molecule has 2 atom stereocenters. The second-order valence-corrected chi connectivity index (χ2v) is 5.76. The van der Waals surface area contributed by atoms with E-state index in [1.807, 2.05) is 0 Å². The van der Waals surface area contributed by atoms with Crippen LogP contribution in [0.4, 0.5) is 5.69 Å². The average molecular weight is 315 g/mol. The summed E-state index contributed by atoms with van der Waals surface area (Å²) < 4.78 is 1.33. The molecular formula is C13H18IN. The van der Waals surface area contributed by atoms with Crippen molar-refractivity contribution < 1.29 is 0 Å². The normalized spacial score (nSPS) is 26.3. The van der Waals surface area contributed by atoms with E-state index in [4.69, 9.17) is 0 Å². The lowest BCUT2D eigenvalue weighted by Crippen LogP contribution is -2.26. The number of para-hydroxylation sites is 1. The zero-order valence-corrected chi connectivity index (χ0v) is 11.3. The van der Waals surface area contributed by atoms with E-state index in [1.54, 1.807) is 0 Å². The van der Waals surface area contributed by atoms with Crippen LogP contribution in [-0.2, 0) is 0 Å². The molecule has 1 nitrogen and oxygen atoms in total. The van der Waals surface area contributed by atoms with E-state index in [1.165, 1.54) is 34.9 Å². The summed E-state index contributed by atoms with van der Waals surface area (Å²) in [7, 11) is 0. The Morgan fingerprint density at radius 2 is 2.07 bits per heavy atom. The van der Waals surface area contributed by atoms with E-state index in [0.29, 0.717) is 6.04 Å². The summed E-state index contributed by atoms with van der Waals surface area (Å²) in [5.74, 6) is 0.887. The van der Waals surface area contributed by atoms with Gasteiger partial charge < -0.3 is 5.32 Å². The molecule has 0 saturated heterocycles. The Morgan fingerprint density at radius 1 is 1.27 bits per heavy atom. The molecule has 0 spiro atoms. The van der Waals surface area contributed by atoms with Gasteiger partial charge in [0.05, 0.1) is 0 Å². The summed E-state index contributed by atoms with van der Waals surface area (Å²) in [6, 6.07) is 9.23. The quantitative estimate of drug-likeness (QED) is 0.803. The lowest BCUT2D eigenvalue weighted by atomic mass is 9.87. The van der Waals surface area contributed by atoms with Gasteiger partial charge in [0, 0.05) is 15.3 Å². The summed E-state index contributed by atoms with van der Waals surface area (Å²) in [6.07, 6.45) is 5.44. The van der Waals surface area contributed by atoms with Gasteiger partial charge in [0.1, 0.15) is 0 Å². The van der Waals surface area contributed by atoms with Crippen LogP contribution < -0.4 is 5.32 Å². The van der Waals surface area contributed by atoms with E-state index in [0.717, 1.165) is 5.92 Å². The molecule has 1 saturated carbocycles. The Labute approximate surface area is 106 Å². The van der Waals surface area contributed by atoms with Crippen molar-refractivity contribution in [2.45, 2.75) is 38.6 Å². The molecule has 2 rings (SSSR count). The zero-order chi connectivity index (χ0) is 10.7. The van der Waals surface area contributed by atoms with Crippen molar-refractivity contribution in [3.8, 4) is 0 Å². The van der Waals surface area contributed by atoms with Gasteiger partial charge in [-0.05, 0) is 53.5 Å². The number of benzene rings is 1.